The molecule has 0 aliphatic carbocycles. The Labute approximate surface area is 178 Å². The van der Waals surface area contributed by atoms with Gasteiger partial charge in [-0.1, -0.05) is 11.6 Å². The lowest BCUT2D eigenvalue weighted by molar-refractivity contribution is -0.124. The molecule has 2 aromatic carbocycles. The number of carbonyl (C=O) groups excluding carboxylic acids is 2. The molecule has 0 N–H and O–H groups in total. The number of hydrogen-bond acceptors (Lipinski definition) is 6. The molecule has 3 aliphatic rings. The van der Waals surface area contributed by atoms with Gasteiger partial charge in [0.25, 0.3) is 0 Å². The van der Waals surface area contributed by atoms with E-state index in [-0.39, 0.29) is 45.3 Å². The second-order valence-electron chi connectivity index (χ2n) is 7.68. The van der Waals surface area contributed by atoms with Crippen molar-refractivity contribution in [1.29, 1.82) is 0 Å². The molecule has 2 aromatic rings. The Hall–Kier alpha value is -2.42. The van der Waals surface area contributed by atoms with Crippen molar-refractivity contribution in [2.24, 2.45) is 11.8 Å². The molecule has 0 unspecified atom stereocenters. The number of rotatable bonds is 4. The molecular formula is C21H18ClNO6S. The van der Waals surface area contributed by atoms with Crippen molar-refractivity contribution in [3.05, 3.63) is 47.5 Å². The number of nitrogens with zero attached hydrogens (tertiary/aromatic N) is 1. The number of amides is 2. The predicted octanol–water partition coefficient (Wildman–Crippen LogP) is 2.85. The summed E-state index contributed by atoms with van der Waals surface area (Å²) in [5.74, 6) is -1.46. The third-order valence-corrected chi connectivity index (χ3v) is 8.08. The quantitative estimate of drug-likeness (QED) is 0.669. The van der Waals surface area contributed by atoms with Crippen LogP contribution >= 0.6 is 11.6 Å². The fraction of sp³-hybridized carbons (Fsp3) is 0.333. The Morgan fingerprint density at radius 1 is 0.967 bits per heavy atom. The summed E-state index contributed by atoms with van der Waals surface area (Å²) in [4.78, 5) is 27.2. The molecule has 0 spiro atoms. The highest BCUT2D eigenvalue weighted by atomic mass is 35.5. The van der Waals surface area contributed by atoms with E-state index in [1.165, 1.54) is 49.6 Å². The van der Waals surface area contributed by atoms with Gasteiger partial charge in [0, 0.05) is 11.1 Å². The van der Waals surface area contributed by atoms with Crippen LogP contribution in [-0.4, -0.2) is 39.5 Å². The van der Waals surface area contributed by atoms with E-state index in [4.69, 9.17) is 21.1 Å². The maximum absolute atomic E-state index is 13.1. The van der Waals surface area contributed by atoms with Gasteiger partial charge in [0.15, 0.2) is 0 Å². The van der Waals surface area contributed by atoms with Crippen LogP contribution in [0.2, 0.25) is 5.02 Å². The number of hydrogen-bond donors (Lipinski definition) is 0. The third-order valence-electron chi connectivity index (χ3n) is 6.08. The normalized spacial score (nSPS) is 27.6. The lowest BCUT2D eigenvalue weighted by atomic mass is 9.81. The summed E-state index contributed by atoms with van der Waals surface area (Å²) in [5, 5.41) is 0.414. The summed E-state index contributed by atoms with van der Waals surface area (Å²) in [6, 6.07) is 9.99. The first-order chi connectivity index (χ1) is 14.3. The van der Waals surface area contributed by atoms with Crippen molar-refractivity contribution < 1.29 is 27.5 Å². The lowest BCUT2D eigenvalue weighted by Gasteiger charge is -2.19. The van der Waals surface area contributed by atoms with Crippen LogP contribution in [0.5, 0.6) is 5.75 Å². The summed E-state index contributed by atoms with van der Waals surface area (Å²) in [6.45, 7) is 0. The molecule has 5 rings (SSSR count). The van der Waals surface area contributed by atoms with Gasteiger partial charge in [-0.15, -0.1) is 0 Å². The van der Waals surface area contributed by atoms with Crippen LogP contribution < -0.4 is 9.64 Å². The number of ether oxygens (including phenoxy) is 2. The van der Waals surface area contributed by atoms with Crippen molar-refractivity contribution in [3.8, 4) is 5.75 Å². The minimum Gasteiger partial charge on any atom is -0.497 e. The molecule has 3 fully saturated rings. The highest BCUT2D eigenvalue weighted by molar-refractivity contribution is 7.91. The first-order valence-electron chi connectivity index (χ1n) is 9.54. The Balaban J connectivity index is 1.58. The molecule has 30 heavy (non-hydrogen) atoms. The Kier molecular flexibility index (Phi) is 4.43. The number of carbonyl (C=O) groups is 2. The van der Waals surface area contributed by atoms with E-state index in [1.54, 1.807) is 0 Å². The number of anilines is 1. The van der Waals surface area contributed by atoms with Crippen molar-refractivity contribution in [1.82, 2.24) is 0 Å². The van der Waals surface area contributed by atoms with Crippen molar-refractivity contribution >= 4 is 38.9 Å². The van der Waals surface area contributed by atoms with Gasteiger partial charge < -0.3 is 9.47 Å². The van der Waals surface area contributed by atoms with Crippen LogP contribution in [0.3, 0.4) is 0 Å². The Bertz CT molecular complexity index is 1130. The zero-order valence-electron chi connectivity index (χ0n) is 15.9. The predicted molar refractivity (Wildman–Crippen MR) is 107 cm³/mol. The van der Waals surface area contributed by atoms with Crippen LogP contribution in [0, 0.1) is 11.8 Å². The SMILES string of the molecule is COc1cc(N2C(=O)[C@@H]3[C@H](C2=O)[C@H]2CC[C@@H]3O2)cc(S(=O)(=O)c2ccc(Cl)cc2)c1. The van der Waals surface area contributed by atoms with Gasteiger partial charge in [0.05, 0.1) is 46.6 Å². The van der Waals surface area contributed by atoms with Crippen molar-refractivity contribution in [2.45, 2.75) is 34.8 Å². The monoisotopic (exact) mass is 447 g/mol. The fourth-order valence-electron chi connectivity index (χ4n) is 4.68. The Morgan fingerprint density at radius 3 is 2.13 bits per heavy atom. The second kappa shape index (κ2) is 6.80. The molecule has 0 saturated carbocycles. The van der Waals surface area contributed by atoms with Crippen LogP contribution in [0.25, 0.3) is 0 Å². The van der Waals surface area contributed by atoms with E-state index in [2.05, 4.69) is 0 Å². The average molecular weight is 448 g/mol. The van der Waals surface area contributed by atoms with Crippen molar-refractivity contribution in [3.63, 3.8) is 0 Å². The van der Waals surface area contributed by atoms with Crippen molar-refractivity contribution in [2.75, 3.05) is 12.0 Å². The van der Waals surface area contributed by atoms with Crippen LogP contribution in [0.4, 0.5) is 5.69 Å². The van der Waals surface area contributed by atoms with Gasteiger partial charge in [0.2, 0.25) is 21.7 Å². The van der Waals surface area contributed by atoms with Crippen LogP contribution in [0.15, 0.2) is 52.3 Å². The molecule has 3 saturated heterocycles. The molecule has 7 nitrogen and oxygen atoms in total. The molecule has 3 heterocycles. The van der Waals surface area contributed by atoms with E-state index in [0.29, 0.717) is 5.02 Å². The molecule has 2 amide bonds. The molecule has 0 aromatic heterocycles. The number of methoxy groups -OCH3 is 1. The number of sulfone groups is 1. The smallest absolute Gasteiger partial charge is 0.240 e. The average Bonchev–Trinajstić information content (AvgIpc) is 3.41. The van der Waals surface area contributed by atoms with Gasteiger partial charge in [-0.05, 0) is 49.2 Å². The van der Waals surface area contributed by atoms with E-state index in [9.17, 15) is 18.0 Å². The standard InChI is InChI=1S/C21H18ClNO6S/c1-28-13-8-12(9-15(10-13)30(26,27)14-4-2-11(22)3-5-14)23-20(24)18-16-6-7-17(29-16)19(18)21(23)25/h2-5,8-10,16-19H,6-7H2,1H3/t16-,17+,18-,19+. The number of fused-ring (bicyclic) bond motifs is 5. The van der Waals surface area contributed by atoms with Gasteiger partial charge in [-0.3, -0.25) is 9.59 Å². The van der Waals surface area contributed by atoms with Gasteiger partial charge >= 0.3 is 0 Å². The largest absolute Gasteiger partial charge is 0.497 e. The van der Waals surface area contributed by atoms with E-state index >= 15 is 0 Å². The zero-order valence-corrected chi connectivity index (χ0v) is 17.5. The first kappa shape index (κ1) is 19.5. The van der Waals surface area contributed by atoms with E-state index in [1.807, 2.05) is 0 Å². The Morgan fingerprint density at radius 2 is 1.57 bits per heavy atom. The van der Waals surface area contributed by atoms with Crippen LogP contribution in [0.1, 0.15) is 12.8 Å². The molecule has 4 atom stereocenters. The van der Waals surface area contributed by atoms with E-state index in [0.717, 1.165) is 17.7 Å². The lowest BCUT2D eigenvalue weighted by Crippen LogP contribution is -2.34. The number of imide groups is 1. The minimum atomic E-state index is -3.92. The minimum absolute atomic E-state index is 0.0495. The summed E-state index contributed by atoms with van der Waals surface area (Å²) in [7, 11) is -2.52. The maximum atomic E-state index is 13.1. The second-order valence-corrected chi connectivity index (χ2v) is 10.1. The van der Waals surface area contributed by atoms with E-state index < -0.39 is 21.7 Å². The topological polar surface area (TPSA) is 90.0 Å². The van der Waals surface area contributed by atoms with Gasteiger partial charge in [0.1, 0.15) is 5.75 Å². The summed E-state index contributed by atoms with van der Waals surface area (Å²) in [5.41, 5.74) is 0.186. The fourth-order valence-corrected chi connectivity index (χ4v) is 6.11. The molecule has 3 aliphatic heterocycles. The molecule has 9 heteroatoms. The zero-order chi connectivity index (χ0) is 21.2. The number of benzene rings is 2. The first-order valence-corrected chi connectivity index (χ1v) is 11.4. The molecule has 0 radical (unpaired) electrons. The van der Waals surface area contributed by atoms with Gasteiger partial charge in [-0.25, -0.2) is 13.3 Å². The third kappa shape index (κ3) is 2.78. The number of halogens is 1. The summed E-state index contributed by atoms with van der Waals surface area (Å²) in [6.07, 6.45) is 1.02. The summed E-state index contributed by atoms with van der Waals surface area (Å²) >= 11 is 5.87. The maximum Gasteiger partial charge on any atom is 0.240 e. The summed E-state index contributed by atoms with van der Waals surface area (Å²) < 4.78 is 37.3. The highest BCUT2D eigenvalue weighted by Gasteiger charge is 2.62. The molecule has 2 bridgehead atoms. The molecule has 156 valence electrons. The highest BCUT2D eigenvalue weighted by Crippen LogP contribution is 2.49. The molecular weight excluding hydrogens is 430 g/mol. The van der Waals surface area contributed by atoms with Crippen LogP contribution in [-0.2, 0) is 24.2 Å². The van der Waals surface area contributed by atoms with Gasteiger partial charge in [-0.2, -0.15) is 0 Å².